The second-order valence-electron chi connectivity index (χ2n) is 6.71. The summed E-state index contributed by atoms with van der Waals surface area (Å²) in [5.74, 6) is -3.47. The summed E-state index contributed by atoms with van der Waals surface area (Å²) in [5, 5.41) is 11.7. The van der Waals surface area contributed by atoms with Crippen molar-refractivity contribution in [1.82, 2.24) is 5.32 Å². The fourth-order valence-corrected chi connectivity index (χ4v) is 3.52. The van der Waals surface area contributed by atoms with E-state index in [1.807, 2.05) is 0 Å². The highest BCUT2D eigenvalue weighted by Gasteiger charge is 2.37. The van der Waals surface area contributed by atoms with Crippen LogP contribution in [0.2, 0.25) is 0 Å². The molecule has 11 heteroatoms. The van der Waals surface area contributed by atoms with E-state index >= 15 is 0 Å². The van der Waals surface area contributed by atoms with Gasteiger partial charge in [0.05, 0.1) is 30.0 Å². The molecule has 0 saturated carbocycles. The normalized spacial score (nSPS) is 15.4. The fourth-order valence-electron chi connectivity index (χ4n) is 3.36. The van der Waals surface area contributed by atoms with E-state index in [4.69, 9.17) is 4.18 Å². The van der Waals surface area contributed by atoms with Gasteiger partial charge in [0.15, 0.2) is 0 Å². The Bertz CT molecular complexity index is 1070. The van der Waals surface area contributed by atoms with Gasteiger partial charge in [0.1, 0.15) is 24.7 Å². The number of thiol groups is 1. The number of Topliss-reactive ketones (excluding diaryl/α,β-unsaturated/α-hetero) is 1. The molecule has 3 amide bonds. The zero-order valence-electron chi connectivity index (χ0n) is 16.6. The Balaban J connectivity index is 1.96. The smallest absolute Gasteiger partial charge is 0.293 e. The lowest BCUT2D eigenvalue weighted by molar-refractivity contribution is -0.126. The molecule has 2 aromatic rings. The third-order valence-electron chi connectivity index (χ3n) is 4.83. The second kappa shape index (κ2) is 10.1. The number of amides is 3. The number of anilines is 2. The monoisotopic (exact) mass is 457 g/mol. The largest absolute Gasteiger partial charge is 0.428 e. The first kappa shape index (κ1) is 23.0. The first-order valence-corrected chi connectivity index (χ1v) is 9.80. The molecule has 1 unspecified atom stereocenters. The number of carbonyl (C=O) groups is 5. The number of nitrogens with one attached hydrogen (secondary N) is 1. The van der Waals surface area contributed by atoms with Crippen LogP contribution in [0.1, 0.15) is 10.4 Å². The average molecular weight is 457 g/mol. The Kier molecular flexibility index (Phi) is 7.23. The second-order valence-corrected chi connectivity index (χ2v) is 6.89. The van der Waals surface area contributed by atoms with Crippen LogP contribution >= 0.6 is 12.9 Å². The lowest BCUT2D eigenvalue weighted by atomic mass is 10.1. The molecule has 32 heavy (non-hydrogen) atoms. The highest BCUT2D eigenvalue weighted by Crippen LogP contribution is 2.32. The minimum absolute atomic E-state index is 0.0512. The van der Waals surface area contributed by atoms with Crippen molar-refractivity contribution >= 4 is 54.1 Å². The van der Waals surface area contributed by atoms with Crippen molar-refractivity contribution in [2.24, 2.45) is 0 Å². The molecule has 3 rings (SSSR count). The molecule has 0 saturated heterocycles. The number of aliphatic hydroxyl groups excluding tert-OH is 1. The van der Waals surface area contributed by atoms with E-state index in [-0.39, 0.29) is 35.8 Å². The standard InChI is InChI=1S/C21H19N3O7S/c25-10-9-23-15-6-2-3-7-16(15)24(18(27)12-26)11-14(21(23)30)22-20(29)19(28)13-5-1-4-8-17(13)31-32/h1-8,10,14,26,32H,9,11-12H2,(H,22,29). The number of benzene rings is 2. The summed E-state index contributed by atoms with van der Waals surface area (Å²) >= 11 is 3.67. The molecule has 0 aliphatic carbocycles. The average Bonchev–Trinajstić information content (AvgIpc) is 2.93. The van der Waals surface area contributed by atoms with Crippen molar-refractivity contribution in [3.8, 4) is 5.75 Å². The summed E-state index contributed by atoms with van der Waals surface area (Å²) in [4.78, 5) is 64.4. The van der Waals surface area contributed by atoms with Crippen LogP contribution in [0.25, 0.3) is 0 Å². The minimum atomic E-state index is -1.36. The van der Waals surface area contributed by atoms with Gasteiger partial charge in [-0.05, 0) is 24.3 Å². The van der Waals surface area contributed by atoms with Crippen LogP contribution < -0.4 is 19.3 Å². The zero-order chi connectivity index (χ0) is 23.3. The van der Waals surface area contributed by atoms with Crippen LogP contribution in [-0.4, -0.2) is 60.6 Å². The van der Waals surface area contributed by atoms with Gasteiger partial charge in [-0.2, -0.15) is 0 Å². The lowest BCUT2D eigenvalue weighted by Gasteiger charge is -2.24. The number of rotatable bonds is 7. The SMILES string of the molecule is O=CCN1C(=O)C(NC(=O)C(=O)c2ccccc2OS)CN(C(=O)CO)c2ccccc21. The van der Waals surface area contributed by atoms with Crippen LogP contribution in [0.5, 0.6) is 5.75 Å². The van der Waals surface area contributed by atoms with Gasteiger partial charge in [-0.1, -0.05) is 24.3 Å². The quantitative estimate of drug-likeness (QED) is 0.177. The Morgan fingerprint density at radius 1 is 1.12 bits per heavy atom. The van der Waals surface area contributed by atoms with Crippen molar-refractivity contribution in [3.05, 3.63) is 54.1 Å². The predicted molar refractivity (Wildman–Crippen MR) is 117 cm³/mol. The van der Waals surface area contributed by atoms with Crippen molar-refractivity contribution in [3.63, 3.8) is 0 Å². The van der Waals surface area contributed by atoms with Crippen molar-refractivity contribution < 1.29 is 33.3 Å². The van der Waals surface area contributed by atoms with E-state index in [1.54, 1.807) is 24.3 Å². The highest BCUT2D eigenvalue weighted by atomic mass is 32.1. The summed E-state index contributed by atoms with van der Waals surface area (Å²) in [6, 6.07) is 10.9. The third kappa shape index (κ3) is 4.48. The van der Waals surface area contributed by atoms with Gasteiger partial charge in [0.25, 0.3) is 23.5 Å². The van der Waals surface area contributed by atoms with Gasteiger partial charge in [-0.3, -0.25) is 19.2 Å². The van der Waals surface area contributed by atoms with E-state index < -0.39 is 36.2 Å². The van der Waals surface area contributed by atoms with Gasteiger partial charge in [0, 0.05) is 12.9 Å². The summed E-state index contributed by atoms with van der Waals surface area (Å²) in [5.41, 5.74) is 0.458. The number of aldehydes is 1. The maximum atomic E-state index is 13.2. The third-order valence-corrected chi connectivity index (χ3v) is 5.02. The lowest BCUT2D eigenvalue weighted by Crippen LogP contribution is -2.54. The van der Waals surface area contributed by atoms with E-state index in [2.05, 4.69) is 18.2 Å². The van der Waals surface area contributed by atoms with Gasteiger partial charge in [-0.15, -0.1) is 0 Å². The molecule has 2 N–H and O–H groups in total. The number of ketones is 1. The Morgan fingerprint density at radius 2 is 1.78 bits per heavy atom. The zero-order valence-corrected chi connectivity index (χ0v) is 17.5. The summed E-state index contributed by atoms with van der Waals surface area (Å²) in [6.07, 6.45) is 0.502. The summed E-state index contributed by atoms with van der Waals surface area (Å²) < 4.78 is 4.80. The molecular formula is C21H19N3O7S. The van der Waals surface area contributed by atoms with E-state index in [0.717, 1.165) is 9.80 Å². The molecule has 0 bridgehead atoms. The number of hydrogen-bond donors (Lipinski definition) is 3. The highest BCUT2D eigenvalue weighted by molar-refractivity contribution is 7.75. The molecule has 166 valence electrons. The molecular weight excluding hydrogens is 438 g/mol. The number of nitrogens with zero attached hydrogens (tertiary/aromatic N) is 2. The molecule has 2 aromatic carbocycles. The molecule has 0 spiro atoms. The first-order chi connectivity index (χ1) is 15.4. The molecule has 1 aliphatic heterocycles. The van der Waals surface area contributed by atoms with Crippen LogP contribution in [0.15, 0.2) is 48.5 Å². The summed E-state index contributed by atoms with van der Waals surface area (Å²) in [7, 11) is 0. The number of aliphatic hydroxyl groups is 1. The number of carbonyl (C=O) groups excluding carboxylic acids is 5. The first-order valence-electron chi connectivity index (χ1n) is 9.43. The van der Waals surface area contributed by atoms with Gasteiger partial charge in [-0.25, -0.2) is 0 Å². The van der Waals surface area contributed by atoms with Gasteiger partial charge >= 0.3 is 0 Å². The molecule has 1 heterocycles. The minimum Gasteiger partial charge on any atom is -0.428 e. The molecule has 10 nitrogen and oxygen atoms in total. The molecule has 0 fully saturated rings. The van der Waals surface area contributed by atoms with Crippen LogP contribution in [0, 0.1) is 0 Å². The predicted octanol–water partition coefficient (Wildman–Crippen LogP) is 0.149. The van der Waals surface area contributed by atoms with Crippen LogP contribution in [0.3, 0.4) is 0 Å². The number of hydrogen-bond acceptors (Lipinski definition) is 8. The number of para-hydroxylation sites is 3. The van der Waals surface area contributed by atoms with Crippen molar-refractivity contribution in [2.45, 2.75) is 6.04 Å². The Labute approximate surface area is 188 Å². The topological polar surface area (TPSA) is 133 Å². The molecule has 0 radical (unpaired) electrons. The van der Waals surface area contributed by atoms with E-state index in [9.17, 15) is 29.1 Å². The fraction of sp³-hybridized carbons (Fsp3) is 0.190. The Morgan fingerprint density at radius 3 is 2.44 bits per heavy atom. The maximum absolute atomic E-state index is 13.2. The van der Waals surface area contributed by atoms with Crippen molar-refractivity contribution in [1.29, 1.82) is 0 Å². The van der Waals surface area contributed by atoms with Crippen LogP contribution in [-0.2, 0) is 19.2 Å². The number of fused-ring (bicyclic) bond motifs is 1. The van der Waals surface area contributed by atoms with Gasteiger partial charge in [0.2, 0.25) is 0 Å². The maximum Gasteiger partial charge on any atom is 0.293 e. The van der Waals surface area contributed by atoms with Crippen LogP contribution in [0.4, 0.5) is 11.4 Å². The van der Waals surface area contributed by atoms with Crippen molar-refractivity contribution in [2.75, 3.05) is 29.5 Å². The van der Waals surface area contributed by atoms with Gasteiger partial charge < -0.3 is 29.2 Å². The molecule has 0 aromatic heterocycles. The molecule has 1 aliphatic rings. The van der Waals surface area contributed by atoms with E-state index in [0.29, 0.717) is 6.29 Å². The van der Waals surface area contributed by atoms with E-state index in [1.165, 1.54) is 24.3 Å². The molecule has 1 atom stereocenters. The summed E-state index contributed by atoms with van der Waals surface area (Å²) in [6.45, 7) is -1.54. The Hall–Kier alpha value is -3.70.